The second kappa shape index (κ2) is 10.1. The third kappa shape index (κ3) is 5.28. The van der Waals surface area contributed by atoms with Crippen LogP contribution < -0.4 is 19.7 Å². The van der Waals surface area contributed by atoms with Gasteiger partial charge in [0.2, 0.25) is 0 Å². The Balaban J connectivity index is 1.07. The van der Waals surface area contributed by atoms with Crippen LogP contribution in [0.1, 0.15) is 29.5 Å². The molecule has 0 aliphatic carbocycles. The van der Waals surface area contributed by atoms with E-state index in [1.54, 1.807) is 0 Å². The Hall–Kier alpha value is -3.67. The van der Waals surface area contributed by atoms with Crippen molar-refractivity contribution in [3.05, 3.63) is 89.5 Å². The summed E-state index contributed by atoms with van der Waals surface area (Å²) in [4.78, 5) is 14.4. The van der Waals surface area contributed by atoms with Gasteiger partial charge in [0, 0.05) is 36.8 Å². The highest BCUT2D eigenvalue weighted by atomic mass is 16.6. The number of hydrogen-bond acceptors (Lipinski definition) is 5. The topological polar surface area (TPSA) is 60.0 Å². The van der Waals surface area contributed by atoms with E-state index in [1.807, 2.05) is 43.3 Å². The summed E-state index contributed by atoms with van der Waals surface area (Å²) >= 11 is 0. The molecule has 1 unspecified atom stereocenters. The van der Waals surface area contributed by atoms with Gasteiger partial charge in [-0.15, -0.1) is 0 Å². The maximum absolute atomic E-state index is 12.1. The summed E-state index contributed by atoms with van der Waals surface area (Å²) in [5.41, 5.74) is 4.70. The number of hydrogen-bond donors (Lipinski definition) is 1. The molecule has 1 N–H and O–H groups in total. The van der Waals surface area contributed by atoms with Gasteiger partial charge >= 0.3 is 6.09 Å². The summed E-state index contributed by atoms with van der Waals surface area (Å²) in [5.74, 6) is 2.19. The number of carbonyl (C=O) groups is 1. The molecule has 3 aromatic rings. The van der Waals surface area contributed by atoms with Crippen LogP contribution in [-0.2, 0) is 17.8 Å². The van der Waals surface area contributed by atoms with Gasteiger partial charge in [-0.1, -0.05) is 54.6 Å². The van der Waals surface area contributed by atoms with Gasteiger partial charge in [0.05, 0.1) is 0 Å². The van der Waals surface area contributed by atoms with Crippen LogP contribution in [0, 0.1) is 0 Å². The van der Waals surface area contributed by atoms with Crippen molar-refractivity contribution in [1.82, 2.24) is 5.32 Å². The van der Waals surface area contributed by atoms with Crippen LogP contribution in [0.4, 0.5) is 10.5 Å². The lowest BCUT2D eigenvalue weighted by Gasteiger charge is -2.41. The van der Waals surface area contributed by atoms with Crippen LogP contribution >= 0.6 is 0 Å². The van der Waals surface area contributed by atoms with Crippen LogP contribution in [0.5, 0.6) is 11.5 Å². The number of rotatable bonds is 7. The Morgan fingerprint density at radius 3 is 2.47 bits per heavy atom. The number of nitrogens with one attached hydrogen (secondary N) is 1. The number of benzene rings is 3. The van der Waals surface area contributed by atoms with E-state index in [2.05, 4.69) is 46.6 Å². The summed E-state index contributed by atoms with van der Waals surface area (Å²) in [6, 6.07) is 24.6. The van der Waals surface area contributed by atoms with Gasteiger partial charge in [0.1, 0.15) is 19.8 Å². The fraction of sp³-hybridized carbons (Fsp3) is 0.321. The maximum atomic E-state index is 12.1. The zero-order valence-corrected chi connectivity index (χ0v) is 19.4. The number of nitrogens with zero attached hydrogens (tertiary/aromatic N) is 1. The molecule has 5 rings (SSSR count). The minimum absolute atomic E-state index is 0.0106. The van der Waals surface area contributed by atoms with Gasteiger partial charge in [-0.3, -0.25) is 0 Å². The predicted molar refractivity (Wildman–Crippen MR) is 132 cm³/mol. The van der Waals surface area contributed by atoms with Gasteiger partial charge in [-0.05, 0) is 42.2 Å². The molecule has 2 heterocycles. The second-order valence-electron chi connectivity index (χ2n) is 8.98. The molecular formula is C28H30N2O4. The molecule has 0 radical (unpaired) electrons. The first kappa shape index (κ1) is 22.1. The number of anilines is 1. The Labute approximate surface area is 200 Å². The highest BCUT2D eigenvalue weighted by Gasteiger charge is 2.29. The zero-order chi connectivity index (χ0) is 23.3. The molecular weight excluding hydrogens is 428 g/mol. The van der Waals surface area contributed by atoms with Crippen LogP contribution in [0.2, 0.25) is 0 Å². The molecule has 176 valence electrons. The van der Waals surface area contributed by atoms with Crippen molar-refractivity contribution in [1.29, 1.82) is 0 Å². The number of carbonyl (C=O) groups excluding carboxylic acids is 1. The first-order chi connectivity index (χ1) is 16.6. The average molecular weight is 459 g/mol. The molecule has 34 heavy (non-hydrogen) atoms. The highest BCUT2D eigenvalue weighted by Crippen LogP contribution is 2.38. The Bertz CT molecular complexity index is 1110. The lowest BCUT2D eigenvalue weighted by Crippen LogP contribution is -2.45. The van der Waals surface area contributed by atoms with E-state index in [4.69, 9.17) is 14.2 Å². The number of amides is 1. The van der Waals surface area contributed by atoms with Crippen molar-refractivity contribution in [2.75, 3.05) is 31.2 Å². The highest BCUT2D eigenvalue weighted by molar-refractivity contribution is 5.67. The monoisotopic (exact) mass is 458 g/mol. The minimum atomic E-state index is -0.387. The van der Waals surface area contributed by atoms with E-state index in [9.17, 15) is 4.79 Å². The molecule has 1 saturated heterocycles. The molecule has 3 aromatic carbocycles. The number of alkyl carbamates (subject to hydrolysis) is 1. The van der Waals surface area contributed by atoms with Crippen molar-refractivity contribution in [2.45, 2.75) is 31.9 Å². The van der Waals surface area contributed by atoms with Crippen LogP contribution in [0.15, 0.2) is 72.8 Å². The SMILES string of the molecule is CC(Cc1ccc(C2CN(c3ccc4c(c3)OCCO4)C2)cc1)NC(=O)OCc1ccccc1. The summed E-state index contributed by atoms with van der Waals surface area (Å²) in [6.45, 7) is 5.47. The first-order valence-corrected chi connectivity index (χ1v) is 11.8. The molecule has 0 aromatic heterocycles. The summed E-state index contributed by atoms with van der Waals surface area (Å²) in [5, 5.41) is 2.92. The van der Waals surface area contributed by atoms with Gasteiger partial charge in [-0.25, -0.2) is 4.79 Å². The number of ether oxygens (including phenoxy) is 3. The van der Waals surface area contributed by atoms with Crippen LogP contribution in [0.25, 0.3) is 0 Å². The van der Waals surface area contributed by atoms with E-state index >= 15 is 0 Å². The van der Waals surface area contributed by atoms with E-state index in [-0.39, 0.29) is 18.7 Å². The van der Waals surface area contributed by atoms with Gasteiger partial charge in [0.25, 0.3) is 0 Å². The molecule has 0 saturated carbocycles. The Morgan fingerprint density at radius 1 is 0.971 bits per heavy atom. The van der Waals surface area contributed by atoms with E-state index in [0.717, 1.165) is 36.6 Å². The summed E-state index contributed by atoms with van der Waals surface area (Å²) in [7, 11) is 0. The molecule has 0 bridgehead atoms. The molecule has 1 atom stereocenters. The lowest BCUT2D eigenvalue weighted by molar-refractivity contribution is 0.136. The average Bonchev–Trinajstić information content (AvgIpc) is 2.83. The molecule has 2 aliphatic rings. The minimum Gasteiger partial charge on any atom is -0.486 e. The standard InChI is InChI=1S/C28H30N2O4/c1-20(29-28(31)34-19-22-5-3-2-4-6-22)15-21-7-9-23(10-8-21)24-17-30(18-24)25-11-12-26-27(16-25)33-14-13-32-26/h2-12,16,20,24H,13-15,17-19H2,1H3,(H,29,31). The molecule has 6 nitrogen and oxygen atoms in total. The van der Waals surface area contributed by atoms with Crippen LogP contribution in [0.3, 0.4) is 0 Å². The van der Waals surface area contributed by atoms with E-state index in [1.165, 1.54) is 16.8 Å². The molecule has 0 spiro atoms. The normalized spacial score (nSPS) is 15.9. The van der Waals surface area contributed by atoms with Gasteiger partial charge < -0.3 is 24.4 Å². The molecule has 6 heteroatoms. The Morgan fingerprint density at radius 2 is 1.71 bits per heavy atom. The quantitative estimate of drug-likeness (QED) is 0.545. The van der Waals surface area contributed by atoms with Crippen molar-refractivity contribution >= 4 is 11.8 Å². The van der Waals surface area contributed by atoms with E-state index in [0.29, 0.717) is 19.1 Å². The van der Waals surface area contributed by atoms with Crippen molar-refractivity contribution in [2.24, 2.45) is 0 Å². The molecule has 1 fully saturated rings. The summed E-state index contributed by atoms with van der Waals surface area (Å²) < 4.78 is 16.6. The van der Waals surface area contributed by atoms with Gasteiger partial charge in [-0.2, -0.15) is 0 Å². The lowest BCUT2D eigenvalue weighted by atomic mass is 9.90. The first-order valence-electron chi connectivity index (χ1n) is 11.8. The van der Waals surface area contributed by atoms with E-state index < -0.39 is 0 Å². The number of fused-ring (bicyclic) bond motifs is 1. The fourth-order valence-electron chi connectivity index (χ4n) is 4.43. The van der Waals surface area contributed by atoms with Gasteiger partial charge in [0.15, 0.2) is 11.5 Å². The molecule has 2 aliphatic heterocycles. The maximum Gasteiger partial charge on any atom is 0.407 e. The van der Waals surface area contributed by atoms with Crippen molar-refractivity contribution in [3.8, 4) is 11.5 Å². The Kier molecular flexibility index (Phi) is 6.56. The summed E-state index contributed by atoms with van der Waals surface area (Å²) in [6.07, 6.45) is 0.371. The third-order valence-corrected chi connectivity index (χ3v) is 6.34. The smallest absolute Gasteiger partial charge is 0.407 e. The van der Waals surface area contributed by atoms with Crippen molar-refractivity contribution in [3.63, 3.8) is 0 Å². The zero-order valence-electron chi connectivity index (χ0n) is 19.4. The third-order valence-electron chi connectivity index (χ3n) is 6.34. The van der Waals surface area contributed by atoms with Crippen LogP contribution in [-0.4, -0.2) is 38.4 Å². The largest absolute Gasteiger partial charge is 0.486 e. The van der Waals surface area contributed by atoms with Crippen molar-refractivity contribution < 1.29 is 19.0 Å². The second-order valence-corrected chi connectivity index (χ2v) is 8.98. The predicted octanol–water partition coefficient (Wildman–Crippen LogP) is 4.92. The molecule has 1 amide bonds. The fourth-order valence-corrected chi connectivity index (χ4v) is 4.43.